The lowest BCUT2D eigenvalue weighted by atomic mass is 10.1. The molecule has 2 heterocycles. The highest BCUT2D eigenvalue weighted by Gasteiger charge is 2.15. The molecule has 4 nitrogen and oxygen atoms in total. The number of aryl methyl sites for hydroxylation is 2. The molecule has 3 aromatic rings. The SMILES string of the molecule is Cc1ccc(CC(=O)Nc2cccc(-c3cn4c(n3)SCC4)c2)cc1. The van der Waals surface area contributed by atoms with Gasteiger partial charge in [0.1, 0.15) is 0 Å². The van der Waals surface area contributed by atoms with Gasteiger partial charge in [-0.05, 0) is 24.6 Å². The van der Waals surface area contributed by atoms with E-state index in [9.17, 15) is 4.79 Å². The van der Waals surface area contributed by atoms with Crippen LogP contribution in [-0.4, -0.2) is 21.2 Å². The van der Waals surface area contributed by atoms with Crippen LogP contribution in [0.4, 0.5) is 5.69 Å². The van der Waals surface area contributed by atoms with Gasteiger partial charge in [0.15, 0.2) is 5.16 Å². The molecule has 1 N–H and O–H groups in total. The molecule has 25 heavy (non-hydrogen) atoms. The van der Waals surface area contributed by atoms with Crippen LogP contribution in [0.15, 0.2) is 59.9 Å². The highest BCUT2D eigenvalue weighted by atomic mass is 32.2. The summed E-state index contributed by atoms with van der Waals surface area (Å²) in [5.74, 6) is 1.08. The summed E-state index contributed by atoms with van der Waals surface area (Å²) in [7, 11) is 0. The lowest BCUT2D eigenvalue weighted by Gasteiger charge is -2.07. The quantitative estimate of drug-likeness (QED) is 0.770. The first kappa shape index (κ1) is 16.0. The van der Waals surface area contributed by atoms with Crippen molar-refractivity contribution in [3.8, 4) is 11.3 Å². The van der Waals surface area contributed by atoms with Crippen molar-refractivity contribution in [2.24, 2.45) is 0 Å². The van der Waals surface area contributed by atoms with Gasteiger partial charge in [-0.3, -0.25) is 4.79 Å². The number of carbonyl (C=O) groups is 1. The highest BCUT2D eigenvalue weighted by Crippen LogP contribution is 2.29. The van der Waals surface area contributed by atoms with Crippen molar-refractivity contribution >= 4 is 23.4 Å². The van der Waals surface area contributed by atoms with Crippen LogP contribution in [-0.2, 0) is 17.8 Å². The number of hydrogen-bond acceptors (Lipinski definition) is 3. The summed E-state index contributed by atoms with van der Waals surface area (Å²) in [6, 6.07) is 15.9. The molecular formula is C20H19N3OS. The van der Waals surface area contributed by atoms with Crippen LogP contribution in [0.25, 0.3) is 11.3 Å². The molecule has 1 amide bonds. The van der Waals surface area contributed by atoms with Crippen molar-refractivity contribution in [2.45, 2.75) is 25.0 Å². The molecule has 0 fully saturated rings. The molecule has 0 saturated carbocycles. The second-order valence-electron chi connectivity index (χ2n) is 6.24. The number of amides is 1. The third kappa shape index (κ3) is 3.61. The predicted molar refractivity (Wildman–Crippen MR) is 102 cm³/mol. The van der Waals surface area contributed by atoms with Crippen LogP contribution >= 0.6 is 11.8 Å². The molecule has 1 aliphatic heterocycles. The van der Waals surface area contributed by atoms with Crippen molar-refractivity contribution in [3.05, 3.63) is 65.9 Å². The van der Waals surface area contributed by atoms with Crippen molar-refractivity contribution in [2.75, 3.05) is 11.1 Å². The molecule has 0 saturated heterocycles. The van der Waals surface area contributed by atoms with Crippen molar-refractivity contribution < 1.29 is 4.79 Å². The number of imidazole rings is 1. The first-order chi connectivity index (χ1) is 12.2. The fraction of sp³-hybridized carbons (Fsp3) is 0.200. The number of rotatable bonds is 4. The fourth-order valence-corrected chi connectivity index (χ4v) is 3.84. The molecule has 4 rings (SSSR count). The Kier molecular flexibility index (Phi) is 4.32. The highest BCUT2D eigenvalue weighted by molar-refractivity contribution is 7.99. The second-order valence-corrected chi connectivity index (χ2v) is 7.30. The van der Waals surface area contributed by atoms with Gasteiger partial charge in [-0.1, -0.05) is 53.7 Å². The number of hydrogen-bond donors (Lipinski definition) is 1. The van der Waals surface area contributed by atoms with Crippen molar-refractivity contribution in [3.63, 3.8) is 0 Å². The molecule has 1 aromatic heterocycles. The summed E-state index contributed by atoms with van der Waals surface area (Å²) >= 11 is 1.78. The van der Waals surface area contributed by atoms with E-state index in [0.717, 1.165) is 40.0 Å². The Morgan fingerprint density at radius 1 is 1.24 bits per heavy atom. The van der Waals surface area contributed by atoms with Gasteiger partial charge in [-0.15, -0.1) is 0 Å². The maximum Gasteiger partial charge on any atom is 0.228 e. The predicted octanol–water partition coefficient (Wildman–Crippen LogP) is 4.15. The summed E-state index contributed by atoms with van der Waals surface area (Å²) in [5.41, 5.74) is 4.99. The largest absolute Gasteiger partial charge is 0.326 e. The van der Waals surface area contributed by atoms with Gasteiger partial charge in [0.2, 0.25) is 5.91 Å². The monoisotopic (exact) mass is 349 g/mol. The van der Waals surface area contributed by atoms with E-state index in [2.05, 4.69) is 21.1 Å². The number of nitrogens with zero attached hydrogens (tertiary/aromatic N) is 2. The van der Waals surface area contributed by atoms with Gasteiger partial charge in [0, 0.05) is 29.7 Å². The van der Waals surface area contributed by atoms with Crippen molar-refractivity contribution in [1.82, 2.24) is 9.55 Å². The number of fused-ring (bicyclic) bond motifs is 1. The Labute approximate surface area is 151 Å². The number of benzene rings is 2. The number of thioether (sulfide) groups is 1. The van der Waals surface area contributed by atoms with E-state index in [1.165, 1.54) is 5.56 Å². The Morgan fingerprint density at radius 2 is 2.08 bits per heavy atom. The molecule has 0 radical (unpaired) electrons. The maximum absolute atomic E-state index is 12.3. The molecular weight excluding hydrogens is 330 g/mol. The number of carbonyl (C=O) groups excluding carboxylic acids is 1. The summed E-state index contributed by atoms with van der Waals surface area (Å²) < 4.78 is 2.18. The van der Waals surface area contributed by atoms with Crippen LogP contribution in [0.2, 0.25) is 0 Å². The van der Waals surface area contributed by atoms with Gasteiger partial charge in [-0.2, -0.15) is 0 Å². The zero-order valence-electron chi connectivity index (χ0n) is 14.0. The Hall–Kier alpha value is -2.53. The Morgan fingerprint density at radius 3 is 2.88 bits per heavy atom. The number of aromatic nitrogens is 2. The normalized spacial score (nSPS) is 12.8. The molecule has 0 spiro atoms. The van der Waals surface area contributed by atoms with Crippen molar-refractivity contribution in [1.29, 1.82) is 0 Å². The minimum atomic E-state index is -0.0103. The van der Waals surface area contributed by atoms with Gasteiger partial charge in [0.05, 0.1) is 12.1 Å². The summed E-state index contributed by atoms with van der Waals surface area (Å²) in [6.07, 6.45) is 2.46. The van der Waals surface area contributed by atoms with Crippen LogP contribution < -0.4 is 5.32 Å². The van der Waals surface area contributed by atoms with E-state index in [1.807, 2.05) is 55.5 Å². The van der Waals surface area contributed by atoms with E-state index < -0.39 is 0 Å². The van der Waals surface area contributed by atoms with Gasteiger partial charge < -0.3 is 9.88 Å². The minimum absolute atomic E-state index is 0.0103. The van der Waals surface area contributed by atoms with Gasteiger partial charge >= 0.3 is 0 Å². The Bertz CT molecular complexity index is 893. The summed E-state index contributed by atoms with van der Waals surface area (Å²) in [5, 5.41) is 4.06. The number of nitrogens with one attached hydrogen (secondary N) is 1. The fourth-order valence-electron chi connectivity index (χ4n) is 2.90. The smallest absolute Gasteiger partial charge is 0.228 e. The van der Waals surface area contributed by atoms with Crippen LogP contribution in [0.3, 0.4) is 0 Å². The summed E-state index contributed by atoms with van der Waals surface area (Å²) in [4.78, 5) is 17.0. The molecule has 1 aliphatic rings. The topological polar surface area (TPSA) is 46.9 Å². The molecule has 126 valence electrons. The first-order valence-corrected chi connectivity index (χ1v) is 9.32. The molecule has 0 unspecified atom stereocenters. The molecule has 0 bridgehead atoms. The lowest BCUT2D eigenvalue weighted by Crippen LogP contribution is -2.14. The van der Waals surface area contributed by atoms with E-state index in [0.29, 0.717) is 6.42 Å². The molecule has 0 atom stereocenters. The third-order valence-corrected chi connectivity index (χ3v) is 5.20. The molecule has 0 aliphatic carbocycles. The van der Waals surface area contributed by atoms with Crippen LogP contribution in [0.1, 0.15) is 11.1 Å². The van der Waals surface area contributed by atoms with Gasteiger partial charge in [0.25, 0.3) is 0 Å². The van der Waals surface area contributed by atoms with Crippen LogP contribution in [0.5, 0.6) is 0 Å². The Balaban J connectivity index is 1.47. The average molecular weight is 349 g/mol. The third-order valence-electron chi connectivity index (χ3n) is 4.23. The van der Waals surface area contributed by atoms with E-state index in [-0.39, 0.29) is 5.91 Å². The molecule has 2 aromatic carbocycles. The summed E-state index contributed by atoms with van der Waals surface area (Å²) in [6.45, 7) is 3.06. The zero-order chi connectivity index (χ0) is 17.2. The average Bonchev–Trinajstić information content (AvgIpc) is 3.19. The van der Waals surface area contributed by atoms with Crippen LogP contribution in [0, 0.1) is 6.92 Å². The second kappa shape index (κ2) is 6.76. The first-order valence-electron chi connectivity index (χ1n) is 8.33. The minimum Gasteiger partial charge on any atom is -0.326 e. The lowest BCUT2D eigenvalue weighted by molar-refractivity contribution is -0.115. The van der Waals surface area contributed by atoms with E-state index in [1.54, 1.807) is 11.8 Å². The number of anilines is 1. The van der Waals surface area contributed by atoms with Gasteiger partial charge in [-0.25, -0.2) is 4.98 Å². The van der Waals surface area contributed by atoms with E-state index >= 15 is 0 Å². The molecule has 5 heteroatoms. The zero-order valence-corrected chi connectivity index (χ0v) is 14.8. The van der Waals surface area contributed by atoms with E-state index in [4.69, 9.17) is 0 Å². The standard InChI is InChI=1S/C20H19N3OS/c1-14-5-7-15(8-6-14)11-19(24)21-17-4-2-3-16(12-17)18-13-23-9-10-25-20(23)22-18/h2-8,12-13H,9-11H2,1H3,(H,21,24). The maximum atomic E-state index is 12.3.